The van der Waals surface area contributed by atoms with Crippen LogP contribution in [0.3, 0.4) is 0 Å². The molecular formula is C12H24N2O2. The quantitative estimate of drug-likeness (QED) is 0.733. The SMILES string of the molecule is CCOC(=O)[C@H](N)C1(N(C)C)CCCCC1. The second kappa shape index (κ2) is 5.64. The molecule has 4 nitrogen and oxygen atoms in total. The van der Waals surface area contributed by atoms with Gasteiger partial charge in [-0.2, -0.15) is 0 Å². The second-order valence-electron chi connectivity index (χ2n) is 4.79. The zero-order chi connectivity index (χ0) is 12.2. The molecule has 0 spiro atoms. The Hall–Kier alpha value is -0.610. The van der Waals surface area contributed by atoms with Crippen molar-refractivity contribution in [1.29, 1.82) is 0 Å². The molecule has 0 bridgehead atoms. The maximum Gasteiger partial charge on any atom is 0.324 e. The van der Waals surface area contributed by atoms with Crippen LogP contribution in [0.25, 0.3) is 0 Å². The second-order valence-corrected chi connectivity index (χ2v) is 4.79. The zero-order valence-electron chi connectivity index (χ0n) is 10.7. The van der Waals surface area contributed by atoms with Crippen LogP contribution in [0.15, 0.2) is 0 Å². The number of carbonyl (C=O) groups excluding carboxylic acids is 1. The van der Waals surface area contributed by atoms with Crippen LogP contribution in [0, 0.1) is 0 Å². The van der Waals surface area contributed by atoms with E-state index in [1.807, 2.05) is 21.0 Å². The lowest BCUT2D eigenvalue weighted by Gasteiger charge is -2.45. The summed E-state index contributed by atoms with van der Waals surface area (Å²) in [5, 5.41) is 0. The summed E-state index contributed by atoms with van der Waals surface area (Å²) in [6.07, 6.45) is 5.50. The molecule has 0 heterocycles. The highest BCUT2D eigenvalue weighted by Gasteiger charge is 2.44. The summed E-state index contributed by atoms with van der Waals surface area (Å²) in [4.78, 5) is 13.9. The van der Waals surface area contributed by atoms with Crippen molar-refractivity contribution < 1.29 is 9.53 Å². The highest BCUT2D eigenvalue weighted by atomic mass is 16.5. The summed E-state index contributed by atoms with van der Waals surface area (Å²) in [7, 11) is 4.01. The van der Waals surface area contributed by atoms with Gasteiger partial charge < -0.3 is 15.4 Å². The summed E-state index contributed by atoms with van der Waals surface area (Å²) >= 11 is 0. The average molecular weight is 228 g/mol. The van der Waals surface area contributed by atoms with Crippen molar-refractivity contribution in [3.8, 4) is 0 Å². The van der Waals surface area contributed by atoms with Crippen molar-refractivity contribution in [2.24, 2.45) is 5.73 Å². The highest BCUT2D eigenvalue weighted by Crippen LogP contribution is 2.34. The topological polar surface area (TPSA) is 55.6 Å². The van der Waals surface area contributed by atoms with Gasteiger partial charge in [0.05, 0.1) is 6.61 Å². The number of hydrogen-bond acceptors (Lipinski definition) is 4. The first kappa shape index (κ1) is 13.5. The number of esters is 1. The Balaban J connectivity index is 2.79. The van der Waals surface area contributed by atoms with Gasteiger partial charge in [-0.05, 0) is 33.9 Å². The minimum absolute atomic E-state index is 0.204. The molecule has 0 aliphatic heterocycles. The van der Waals surface area contributed by atoms with Gasteiger partial charge in [-0.15, -0.1) is 0 Å². The molecule has 16 heavy (non-hydrogen) atoms. The van der Waals surface area contributed by atoms with E-state index in [-0.39, 0.29) is 11.5 Å². The average Bonchev–Trinajstić information content (AvgIpc) is 2.29. The fourth-order valence-electron chi connectivity index (χ4n) is 2.65. The Labute approximate surface area is 98.1 Å². The van der Waals surface area contributed by atoms with Crippen molar-refractivity contribution in [3.63, 3.8) is 0 Å². The van der Waals surface area contributed by atoms with Crippen LogP contribution in [-0.4, -0.2) is 43.2 Å². The fourth-order valence-corrected chi connectivity index (χ4v) is 2.65. The van der Waals surface area contributed by atoms with Crippen LogP contribution < -0.4 is 5.73 Å². The van der Waals surface area contributed by atoms with E-state index < -0.39 is 6.04 Å². The van der Waals surface area contributed by atoms with Crippen molar-refractivity contribution in [2.75, 3.05) is 20.7 Å². The number of nitrogens with two attached hydrogens (primary N) is 1. The van der Waals surface area contributed by atoms with E-state index in [1.165, 1.54) is 6.42 Å². The molecule has 4 heteroatoms. The minimum Gasteiger partial charge on any atom is -0.465 e. The van der Waals surface area contributed by atoms with Gasteiger partial charge in [0.15, 0.2) is 0 Å². The van der Waals surface area contributed by atoms with Crippen LogP contribution in [-0.2, 0) is 9.53 Å². The Kier molecular flexibility index (Phi) is 4.74. The number of rotatable bonds is 4. The zero-order valence-corrected chi connectivity index (χ0v) is 10.7. The van der Waals surface area contributed by atoms with Crippen LogP contribution in [0.1, 0.15) is 39.0 Å². The molecule has 1 aliphatic rings. The highest BCUT2D eigenvalue weighted by molar-refractivity contribution is 5.77. The van der Waals surface area contributed by atoms with Crippen LogP contribution >= 0.6 is 0 Å². The van der Waals surface area contributed by atoms with Gasteiger partial charge in [0.25, 0.3) is 0 Å². The Morgan fingerprint density at radius 2 is 1.94 bits per heavy atom. The molecule has 0 saturated heterocycles. The molecule has 0 aromatic carbocycles. The van der Waals surface area contributed by atoms with Gasteiger partial charge in [-0.25, -0.2) is 0 Å². The molecule has 0 amide bonds. The molecule has 94 valence electrons. The molecule has 1 rings (SSSR count). The van der Waals surface area contributed by atoms with E-state index >= 15 is 0 Å². The van der Waals surface area contributed by atoms with Crippen molar-refractivity contribution >= 4 is 5.97 Å². The van der Waals surface area contributed by atoms with Crippen LogP contribution in [0.4, 0.5) is 0 Å². The molecule has 2 N–H and O–H groups in total. The Morgan fingerprint density at radius 1 is 1.38 bits per heavy atom. The van der Waals surface area contributed by atoms with Gasteiger partial charge in [-0.3, -0.25) is 4.79 Å². The standard InChI is InChI=1S/C12H24N2O2/c1-4-16-11(15)10(13)12(14(2)3)8-6-5-7-9-12/h10H,4-9,13H2,1-3H3/t10-/m0/s1. The smallest absolute Gasteiger partial charge is 0.324 e. The molecule has 0 unspecified atom stereocenters. The molecule has 0 radical (unpaired) electrons. The molecule has 1 fully saturated rings. The molecule has 1 aliphatic carbocycles. The van der Waals surface area contributed by atoms with Crippen molar-refractivity contribution in [3.05, 3.63) is 0 Å². The van der Waals surface area contributed by atoms with Crippen molar-refractivity contribution in [1.82, 2.24) is 4.90 Å². The lowest BCUT2D eigenvalue weighted by molar-refractivity contribution is -0.149. The maximum absolute atomic E-state index is 11.8. The third-order valence-electron chi connectivity index (χ3n) is 3.73. The van der Waals surface area contributed by atoms with Gasteiger partial charge in [0, 0.05) is 5.54 Å². The molecule has 1 atom stereocenters. The minimum atomic E-state index is -0.525. The Bertz CT molecular complexity index is 235. The first-order valence-electron chi connectivity index (χ1n) is 6.14. The first-order valence-corrected chi connectivity index (χ1v) is 6.14. The summed E-state index contributed by atoms with van der Waals surface area (Å²) in [6, 6.07) is -0.525. The number of nitrogens with zero attached hydrogens (tertiary/aromatic N) is 1. The lowest BCUT2D eigenvalue weighted by atomic mass is 9.75. The molecule has 0 aromatic heterocycles. The summed E-state index contributed by atoms with van der Waals surface area (Å²) in [6.45, 7) is 2.21. The monoisotopic (exact) mass is 228 g/mol. The number of ether oxygens (including phenoxy) is 1. The lowest BCUT2D eigenvalue weighted by Crippen LogP contribution is -2.61. The number of hydrogen-bond donors (Lipinski definition) is 1. The van der Waals surface area contributed by atoms with Crippen LogP contribution in [0.2, 0.25) is 0 Å². The van der Waals surface area contributed by atoms with E-state index in [9.17, 15) is 4.79 Å². The van der Waals surface area contributed by atoms with E-state index in [0.717, 1.165) is 25.7 Å². The molecule has 0 aromatic rings. The summed E-state index contributed by atoms with van der Waals surface area (Å²) < 4.78 is 5.04. The van der Waals surface area contributed by atoms with E-state index in [0.29, 0.717) is 6.61 Å². The number of carbonyl (C=O) groups is 1. The summed E-state index contributed by atoms with van der Waals surface area (Å²) in [5.41, 5.74) is 5.89. The fraction of sp³-hybridized carbons (Fsp3) is 0.917. The van der Waals surface area contributed by atoms with E-state index in [1.54, 1.807) is 0 Å². The van der Waals surface area contributed by atoms with Gasteiger partial charge in [0.1, 0.15) is 6.04 Å². The molecule has 1 saturated carbocycles. The van der Waals surface area contributed by atoms with E-state index in [4.69, 9.17) is 10.5 Å². The normalized spacial score (nSPS) is 21.8. The third kappa shape index (κ3) is 2.55. The molecular weight excluding hydrogens is 204 g/mol. The van der Waals surface area contributed by atoms with E-state index in [2.05, 4.69) is 4.90 Å². The largest absolute Gasteiger partial charge is 0.465 e. The predicted molar refractivity (Wildman–Crippen MR) is 64.1 cm³/mol. The first-order chi connectivity index (χ1) is 7.54. The maximum atomic E-state index is 11.8. The van der Waals surface area contributed by atoms with Gasteiger partial charge in [0.2, 0.25) is 0 Å². The third-order valence-corrected chi connectivity index (χ3v) is 3.73. The Morgan fingerprint density at radius 3 is 2.38 bits per heavy atom. The summed E-state index contributed by atoms with van der Waals surface area (Å²) in [5.74, 6) is -0.266. The van der Waals surface area contributed by atoms with Gasteiger partial charge in [-0.1, -0.05) is 19.3 Å². The van der Waals surface area contributed by atoms with Crippen molar-refractivity contribution in [2.45, 2.75) is 50.6 Å². The van der Waals surface area contributed by atoms with Crippen LogP contribution in [0.5, 0.6) is 0 Å². The van der Waals surface area contributed by atoms with Gasteiger partial charge >= 0.3 is 5.97 Å². The predicted octanol–water partition coefficient (Wildman–Crippen LogP) is 1.14. The number of likely N-dealkylation sites (N-methyl/N-ethyl adjacent to an activating group) is 1.